The standard InChI is InChI=1S/C17H20FN3O/c1-11(2)10-19-17(22)15-9-16(12-3-4-12)21(20-15)14-7-5-13(18)6-8-14/h5-9,11-12H,3-4,10H2,1-2H3,(H,19,22). The van der Waals surface area contributed by atoms with Crippen LogP contribution in [-0.2, 0) is 0 Å². The number of benzene rings is 1. The van der Waals surface area contributed by atoms with Crippen molar-refractivity contribution in [2.75, 3.05) is 6.54 Å². The largest absolute Gasteiger partial charge is 0.350 e. The van der Waals surface area contributed by atoms with Crippen LogP contribution in [0.5, 0.6) is 0 Å². The van der Waals surface area contributed by atoms with E-state index in [1.54, 1.807) is 16.8 Å². The number of aromatic nitrogens is 2. The van der Waals surface area contributed by atoms with Gasteiger partial charge in [-0.05, 0) is 49.1 Å². The molecule has 0 aliphatic heterocycles. The Kier molecular flexibility index (Phi) is 3.96. The van der Waals surface area contributed by atoms with Crippen LogP contribution < -0.4 is 5.32 Å². The summed E-state index contributed by atoms with van der Waals surface area (Å²) in [6.07, 6.45) is 2.22. The zero-order valence-electron chi connectivity index (χ0n) is 12.8. The molecule has 2 aromatic rings. The minimum Gasteiger partial charge on any atom is -0.350 e. The molecule has 1 amide bonds. The van der Waals surface area contributed by atoms with Gasteiger partial charge in [0.15, 0.2) is 5.69 Å². The fourth-order valence-corrected chi connectivity index (χ4v) is 2.35. The number of nitrogens with zero attached hydrogens (tertiary/aromatic N) is 2. The van der Waals surface area contributed by atoms with E-state index in [9.17, 15) is 9.18 Å². The van der Waals surface area contributed by atoms with Gasteiger partial charge in [0.25, 0.3) is 5.91 Å². The highest BCUT2D eigenvalue weighted by atomic mass is 19.1. The minimum atomic E-state index is -0.279. The number of rotatable bonds is 5. The van der Waals surface area contributed by atoms with Gasteiger partial charge >= 0.3 is 0 Å². The highest BCUT2D eigenvalue weighted by Crippen LogP contribution is 2.41. The summed E-state index contributed by atoms with van der Waals surface area (Å²) >= 11 is 0. The molecule has 1 heterocycles. The first kappa shape index (κ1) is 14.8. The van der Waals surface area contributed by atoms with E-state index in [2.05, 4.69) is 10.4 Å². The lowest BCUT2D eigenvalue weighted by Gasteiger charge is -2.06. The molecule has 22 heavy (non-hydrogen) atoms. The van der Waals surface area contributed by atoms with Gasteiger partial charge in [-0.2, -0.15) is 5.10 Å². The lowest BCUT2D eigenvalue weighted by molar-refractivity contribution is 0.0943. The second-order valence-corrected chi connectivity index (χ2v) is 6.22. The van der Waals surface area contributed by atoms with Crippen molar-refractivity contribution in [3.8, 4) is 5.69 Å². The van der Waals surface area contributed by atoms with Gasteiger partial charge in [0.05, 0.1) is 5.69 Å². The van der Waals surface area contributed by atoms with E-state index in [1.165, 1.54) is 12.1 Å². The van der Waals surface area contributed by atoms with E-state index >= 15 is 0 Å². The van der Waals surface area contributed by atoms with E-state index in [1.807, 2.05) is 19.9 Å². The van der Waals surface area contributed by atoms with Gasteiger partial charge in [-0.15, -0.1) is 0 Å². The van der Waals surface area contributed by atoms with Crippen molar-refractivity contribution in [3.05, 3.63) is 47.5 Å². The molecule has 3 rings (SSSR count). The van der Waals surface area contributed by atoms with Crippen molar-refractivity contribution in [1.29, 1.82) is 0 Å². The molecule has 0 bridgehead atoms. The topological polar surface area (TPSA) is 46.9 Å². The summed E-state index contributed by atoms with van der Waals surface area (Å²) in [4.78, 5) is 12.2. The Morgan fingerprint density at radius 3 is 2.64 bits per heavy atom. The van der Waals surface area contributed by atoms with Crippen LogP contribution in [0.25, 0.3) is 5.69 Å². The number of amides is 1. The lowest BCUT2D eigenvalue weighted by atomic mass is 10.2. The first-order chi connectivity index (χ1) is 10.5. The number of hydrogen-bond donors (Lipinski definition) is 1. The monoisotopic (exact) mass is 301 g/mol. The van der Waals surface area contributed by atoms with Crippen molar-refractivity contribution in [1.82, 2.24) is 15.1 Å². The third-order valence-corrected chi connectivity index (χ3v) is 3.71. The Bertz CT molecular complexity index is 672. The summed E-state index contributed by atoms with van der Waals surface area (Å²) in [5, 5.41) is 7.32. The highest BCUT2D eigenvalue weighted by Gasteiger charge is 2.29. The number of carbonyl (C=O) groups excluding carboxylic acids is 1. The Morgan fingerprint density at radius 2 is 2.05 bits per heavy atom. The average molecular weight is 301 g/mol. The van der Waals surface area contributed by atoms with Crippen LogP contribution in [0, 0.1) is 11.7 Å². The van der Waals surface area contributed by atoms with Gasteiger partial charge in [-0.1, -0.05) is 13.8 Å². The summed E-state index contributed by atoms with van der Waals surface area (Å²) in [5.74, 6) is 0.408. The van der Waals surface area contributed by atoms with Gasteiger partial charge < -0.3 is 5.32 Å². The SMILES string of the molecule is CC(C)CNC(=O)c1cc(C2CC2)n(-c2ccc(F)cc2)n1. The molecule has 1 aromatic heterocycles. The van der Waals surface area contributed by atoms with E-state index in [0.717, 1.165) is 24.2 Å². The van der Waals surface area contributed by atoms with Crippen molar-refractivity contribution >= 4 is 5.91 Å². The molecule has 1 N–H and O–H groups in total. The first-order valence-corrected chi connectivity index (χ1v) is 7.68. The molecule has 0 spiro atoms. The van der Waals surface area contributed by atoms with Gasteiger partial charge in [0.2, 0.25) is 0 Å². The predicted octanol–water partition coefficient (Wildman–Crippen LogP) is 3.27. The van der Waals surface area contributed by atoms with Crippen LogP contribution in [-0.4, -0.2) is 22.2 Å². The molecule has 1 aromatic carbocycles. The van der Waals surface area contributed by atoms with Gasteiger partial charge in [0, 0.05) is 18.2 Å². The van der Waals surface area contributed by atoms with Crippen molar-refractivity contribution in [2.45, 2.75) is 32.6 Å². The fourth-order valence-electron chi connectivity index (χ4n) is 2.35. The van der Waals surface area contributed by atoms with Crippen molar-refractivity contribution < 1.29 is 9.18 Å². The molecular formula is C17H20FN3O. The quantitative estimate of drug-likeness (QED) is 0.921. The summed E-state index contributed by atoms with van der Waals surface area (Å²) in [5.41, 5.74) is 2.24. The van der Waals surface area contributed by atoms with Gasteiger partial charge in [-0.3, -0.25) is 4.79 Å². The van der Waals surface area contributed by atoms with E-state index < -0.39 is 0 Å². The molecule has 116 valence electrons. The molecular weight excluding hydrogens is 281 g/mol. The number of carbonyl (C=O) groups is 1. The molecule has 5 heteroatoms. The zero-order chi connectivity index (χ0) is 15.7. The second-order valence-electron chi connectivity index (χ2n) is 6.22. The maximum atomic E-state index is 13.1. The number of nitrogens with one attached hydrogen (secondary N) is 1. The Morgan fingerprint density at radius 1 is 1.36 bits per heavy atom. The molecule has 0 atom stereocenters. The third kappa shape index (κ3) is 3.18. The van der Waals surface area contributed by atoms with Crippen LogP contribution in [0.3, 0.4) is 0 Å². The van der Waals surface area contributed by atoms with Crippen molar-refractivity contribution in [3.63, 3.8) is 0 Å². The van der Waals surface area contributed by atoms with E-state index in [4.69, 9.17) is 0 Å². The van der Waals surface area contributed by atoms with Gasteiger partial charge in [0.1, 0.15) is 5.82 Å². The molecule has 0 radical (unpaired) electrons. The zero-order valence-corrected chi connectivity index (χ0v) is 12.8. The average Bonchev–Trinajstić information content (AvgIpc) is 3.24. The Hall–Kier alpha value is -2.17. The molecule has 0 unspecified atom stereocenters. The van der Waals surface area contributed by atoms with Crippen molar-refractivity contribution in [2.24, 2.45) is 5.92 Å². The van der Waals surface area contributed by atoms with Gasteiger partial charge in [-0.25, -0.2) is 9.07 Å². The summed E-state index contributed by atoms with van der Waals surface area (Å²) in [6.45, 7) is 4.72. The van der Waals surface area contributed by atoms with Crippen LogP contribution in [0.15, 0.2) is 30.3 Å². The van der Waals surface area contributed by atoms with Crippen LogP contribution in [0.1, 0.15) is 48.8 Å². The van der Waals surface area contributed by atoms with E-state index in [0.29, 0.717) is 24.1 Å². The van der Waals surface area contributed by atoms with Crippen LogP contribution in [0.2, 0.25) is 0 Å². The summed E-state index contributed by atoms with van der Waals surface area (Å²) in [7, 11) is 0. The maximum absolute atomic E-state index is 13.1. The normalized spacial score (nSPS) is 14.4. The van der Waals surface area contributed by atoms with Crippen LogP contribution >= 0.6 is 0 Å². The second kappa shape index (κ2) is 5.91. The molecule has 0 saturated heterocycles. The summed E-state index contributed by atoms with van der Waals surface area (Å²) in [6, 6.07) is 8.04. The molecule has 1 fully saturated rings. The summed E-state index contributed by atoms with van der Waals surface area (Å²) < 4.78 is 14.9. The minimum absolute atomic E-state index is 0.156. The number of hydrogen-bond acceptors (Lipinski definition) is 2. The number of halogens is 1. The molecule has 1 aliphatic carbocycles. The fraction of sp³-hybridized carbons (Fsp3) is 0.412. The Labute approximate surface area is 129 Å². The molecule has 1 saturated carbocycles. The Balaban J connectivity index is 1.89. The van der Waals surface area contributed by atoms with Crippen LogP contribution in [0.4, 0.5) is 4.39 Å². The molecule has 1 aliphatic rings. The third-order valence-electron chi connectivity index (χ3n) is 3.71. The smallest absolute Gasteiger partial charge is 0.271 e. The predicted molar refractivity (Wildman–Crippen MR) is 82.7 cm³/mol. The molecule has 4 nitrogen and oxygen atoms in total. The lowest BCUT2D eigenvalue weighted by Crippen LogP contribution is -2.27. The van der Waals surface area contributed by atoms with E-state index in [-0.39, 0.29) is 11.7 Å². The highest BCUT2D eigenvalue weighted by molar-refractivity contribution is 5.92. The maximum Gasteiger partial charge on any atom is 0.271 e. The first-order valence-electron chi connectivity index (χ1n) is 7.68.